The molecule has 77 heavy (non-hydrogen) atoms. The number of anilines is 6. The molecule has 7 fully saturated rings. The Morgan fingerprint density at radius 1 is 0.377 bits per heavy atom. The van der Waals surface area contributed by atoms with Crippen molar-refractivity contribution in [2.75, 3.05) is 9.80 Å². The van der Waals surface area contributed by atoms with Gasteiger partial charge < -0.3 is 0 Å². The van der Waals surface area contributed by atoms with Crippen LogP contribution in [0.4, 0.5) is 34.4 Å². The summed E-state index contributed by atoms with van der Waals surface area (Å²) in [5, 5.41) is 5.42. The normalized spacial score (nSPS) is 26.9. The van der Waals surface area contributed by atoms with Crippen LogP contribution >= 0.6 is 0 Å². The smallest absolute Gasteiger partial charge is 0.179 e. The van der Waals surface area contributed by atoms with Gasteiger partial charge in [-0.15, -0.1) is 0 Å². The quantitative estimate of drug-likeness (QED) is 0.118. The first-order chi connectivity index (χ1) is 38.0. The van der Waals surface area contributed by atoms with Crippen molar-refractivity contribution in [2.45, 2.75) is 75.5 Å². The van der Waals surface area contributed by atoms with Gasteiger partial charge >= 0.3 is 0 Å². The molecule has 4 nitrogen and oxygen atoms in total. The van der Waals surface area contributed by atoms with Crippen LogP contribution < -0.4 is 30.5 Å². The lowest BCUT2D eigenvalue weighted by atomic mass is 9.41. The molecule has 0 radical (unpaired) electrons. The molecule has 9 aromatic rings. The predicted octanol–water partition coefficient (Wildman–Crippen LogP) is 14.6. The number of para-hydroxylation sites is 4. The fourth-order valence-corrected chi connectivity index (χ4v) is 24.1. The Labute approximate surface area is 454 Å². The van der Waals surface area contributed by atoms with Crippen LogP contribution in [0, 0.1) is 46.8 Å². The molecule has 18 rings (SSSR count). The molecule has 3 heterocycles. The van der Waals surface area contributed by atoms with E-state index in [9.17, 15) is 0 Å². The lowest BCUT2D eigenvalue weighted by Crippen LogP contribution is -2.74. The Hall–Kier alpha value is -7.34. The Bertz CT molecular complexity index is 3450. The molecule has 9 aliphatic rings. The summed E-state index contributed by atoms with van der Waals surface area (Å²) in [5.74, 6) is 7.63. The monoisotopic (exact) mass is 1010 g/mol. The number of fused-ring (bicyclic) bond motifs is 8. The zero-order chi connectivity index (χ0) is 50.7. The topological polar surface area (TPSA) is 32.3 Å². The van der Waals surface area contributed by atoms with E-state index in [1.165, 1.54) is 124 Å². The lowest BCUT2D eigenvalue weighted by molar-refractivity contribution is -0.0419. The van der Waals surface area contributed by atoms with E-state index >= 15 is 0 Å². The Morgan fingerprint density at radius 3 is 1.22 bits per heavy atom. The summed E-state index contributed by atoms with van der Waals surface area (Å²) in [7, 11) is -2.78. The zero-order valence-corrected chi connectivity index (χ0v) is 45.0. The molecular weight excluding hydrogens is 949 g/mol. The van der Waals surface area contributed by atoms with Gasteiger partial charge in [-0.2, -0.15) is 0 Å². The highest BCUT2D eigenvalue weighted by Gasteiger charge is 2.70. The van der Waals surface area contributed by atoms with Gasteiger partial charge in [0.1, 0.15) is 11.6 Å². The minimum Gasteiger partial charge on any atom is -0.294 e. The molecular formula is C72H64N4Si. The predicted molar refractivity (Wildman–Crippen MR) is 316 cm³/mol. The number of rotatable bonds is 7. The second-order valence-corrected chi connectivity index (χ2v) is 28.9. The number of nitrogens with zero attached hydrogens (tertiary/aromatic N) is 4. The first-order valence-electron chi connectivity index (χ1n) is 29.1. The van der Waals surface area contributed by atoms with Crippen LogP contribution in [0.15, 0.2) is 218 Å². The molecule has 1 aromatic heterocycles. The van der Waals surface area contributed by atoms with Crippen molar-refractivity contribution in [2.24, 2.45) is 46.8 Å². The number of benzene rings is 8. The van der Waals surface area contributed by atoms with Gasteiger partial charge in [-0.3, -0.25) is 9.80 Å². The van der Waals surface area contributed by atoms with E-state index in [1.807, 2.05) is 0 Å². The van der Waals surface area contributed by atoms with E-state index in [2.05, 4.69) is 235 Å². The van der Waals surface area contributed by atoms with Crippen LogP contribution in [0.3, 0.4) is 0 Å². The number of aromatic nitrogens is 2. The average Bonchev–Trinajstić information content (AvgIpc) is 4.22. The third kappa shape index (κ3) is 5.99. The van der Waals surface area contributed by atoms with Crippen LogP contribution in [0.25, 0.3) is 11.4 Å². The highest BCUT2D eigenvalue weighted by Crippen LogP contribution is 2.78. The number of hydrogen-bond acceptors (Lipinski definition) is 4. The van der Waals surface area contributed by atoms with Crippen molar-refractivity contribution in [3.63, 3.8) is 0 Å². The van der Waals surface area contributed by atoms with Crippen molar-refractivity contribution in [1.82, 2.24) is 9.97 Å². The van der Waals surface area contributed by atoms with Crippen molar-refractivity contribution < 1.29 is 0 Å². The van der Waals surface area contributed by atoms with E-state index in [4.69, 9.17) is 9.97 Å². The van der Waals surface area contributed by atoms with Gasteiger partial charge in [-0.05, 0) is 172 Å². The van der Waals surface area contributed by atoms with Gasteiger partial charge in [0.15, 0.2) is 13.9 Å². The Kier molecular flexibility index (Phi) is 9.50. The van der Waals surface area contributed by atoms with Gasteiger partial charge in [0, 0.05) is 22.5 Å². The Balaban J connectivity index is 0.890. The third-order valence-electron chi connectivity index (χ3n) is 21.9. The fraction of sp³-hybridized carbons (Fsp3) is 0.278. The minimum absolute atomic E-state index is 0.00650. The molecule has 4 atom stereocenters. The van der Waals surface area contributed by atoms with Gasteiger partial charge in [-0.25, -0.2) is 9.97 Å². The van der Waals surface area contributed by atoms with Crippen LogP contribution in [-0.4, -0.2) is 18.0 Å². The van der Waals surface area contributed by atoms with Crippen LogP contribution in [-0.2, 0) is 10.8 Å². The van der Waals surface area contributed by atoms with E-state index in [0.29, 0.717) is 29.1 Å². The maximum Gasteiger partial charge on any atom is 0.179 e. The summed E-state index contributed by atoms with van der Waals surface area (Å²) < 4.78 is 0. The Morgan fingerprint density at radius 2 is 0.766 bits per heavy atom. The first-order valence-corrected chi connectivity index (χ1v) is 31.1. The fourth-order valence-electron chi connectivity index (χ4n) is 19.4. The zero-order valence-electron chi connectivity index (χ0n) is 44.0. The highest BCUT2D eigenvalue weighted by atomic mass is 28.3. The molecule has 5 heteroatoms. The second kappa shape index (κ2) is 16.3. The summed E-state index contributed by atoms with van der Waals surface area (Å²) in [6.45, 7) is 2.59. The van der Waals surface area contributed by atoms with E-state index in [1.54, 1.807) is 0 Å². The first kappa shape index (κ1) is 44.8. The van der Waals surface area contributed by atoms with Gasteiger partial charge in [-0.1, -0.05) is 195 Å². The van der Waals surface area contributed by atoms with Crippen molar-refractivity contribution in [3.8, 4) is 11.4 Å². The standard InChI is InChI=1S/C72H64N4Si/c1-47-44-70-45-53(70)42-54(46-70)71(47)59-25-11-15-29-63(59)75(64-30-16-12-26-60(64)71)67-43-68(76-65-31-17-13-27-61(65)72(62-28-14-18-32-66(62)76)51-38-48-37-49(40-51)41-52(72)39-48)74-69(73-67)50-33-35-58(36-34-50)77(55-19-5-2-6-20-55,56-21-7-3-8-22-56)57-23-9-4-10-24-57/h2-36,43,47-49,51-54H,37-42,44-46H2,1H3. The average molecular weight is 1010 g/mol. The van der Waals surface area contributed by atoms with Crippen LogP contribution in [0.5, 0.6) is 0 Å². The number of hydrogen-bond donors (Lipinski definition) is 0. The summed E-state index contributed by atoms with van der Waals surface area (Å²) in [6, 6.07) is 83.5. The summed E-state index contributed by atoms with van der Waals surface area (Å²) in [5.41, 5.74) is 12.5. The van der Waals surface area contributed by atoms with Gasteiger partial charge in [0.05, 0.1) is 22.7 Å². The minimum atomic E-state index is -2.78. The largest absolute Gasteiger partial charge is 0.294 e. The molecule has 3 spiro atoms. The van der Waals surface area contributed by atoms with Gasteiger partial charge in [0.25, 0.3) is 0 Å². The van der Waals surface area contributed by atoms with Gasteiger partial charge in [0.2, 0.25) is 0 Å². The SMILES string of the molecule is CC1CC23CC2CC(C3)C12c1ccccc1N(c1cc(N3c4ccccc4C4(c5ccccc53)C3CC5CC(C3)CC4C5)nc(-c3ccc([Si](c4ccccc4)(c4ccccc4)c4ccccc4)cc3)n1)c1ccccc12. The maximum atomic E-state index is 5.86. The third-order valence-corrected chi connectivity index (χ3v) is 26.7. The molecule has 7 saturated carbocycles. The summed E-state index contributed by atoms with van der Waals surface area (Å²) >= 11 is 0. The molecule has 0 N–H and O–H groups in total. The van der Waals surface area contributed by atoms with Crippen molar-refractivity contribution in [3.05, 3.63) is 241 Å². The maximum absolute atomic E-state index is 5.86. The molecule has 0 saturated heterocycles. The molecule has 4 unspecified atom stereocenters. The molecule has 0 amide bonds. The molecule has 2 aliphatic heterocycles. The van der Waals surface area contributed by atoms with Crippen molar-refractivity contribution >= 4 is 63.2 Å². The van der Waals surface area contributed by atoms with Crippen LogP contribution in [0.1, 0.15) is 87.0 Å². The molecule has 6 bridgehead atoms. The summed E-state index contributed by atoms with van der Waals surface area (Å²) in [6.07, 6.45) is 12.2. The molecule has 7 aliphatic carbocycles. The summed E-state index contributed by atoms with van der Waals surface area (Å²) in [4.78, 5) is 16.8. The van der Waals surface area contributed by atoms with E-state index in [0.717, 1.165) is 40.8 Å². The highest BCUT2D eigenvalue weighted by molar-refractivity contribution is 7.19. The molecule has 8 aromatic carbocycles. The van der Waals surface area contributed by atoms with E-state index < -0.39 is 8.07 Å². The molecule has 376 valence electrons. The van der Waals surface area contributed by atoms with Crippen LogP contribution in [0.2, 0.25) is 0 Å². The second-order valence-electron chi connectivity index (χ2n) is 25.1. The lowest BCUT2D eigenvalue weighted by Gasteiger charge is -2.64. The van der Waals surface area contributed by atoms with E-state index in [-0.39, 0.29) is 10.8 Å². The van der Waals surface area contributed by atoms with Crippen molar-refractivity contribution in [1.29, 1.82) is 0 Å².